The van der Waals surface area contributed by atoms with Crippen LogP contribution in [0.15, 0.2) is 12.2 Å². The molecule has 0 heterocycles. The number of carbonyl (C=O) groups excluding carboxylic acids is 2. The molecule has 1 amide bonds. The number of amides is 1. The second-order valence-electron chi connectivity index (χ2n) is 27.4. The largest absolute Gasteiger partial charge is 0.466 e. The van der Waals surface area contributed by atoms with Gasteiger partial charge in [-0.3, -0.25) is 9.59 Å². The number of rotatable bonds is 75. The third-order valence-corrected chi connectivity index (χ3v) is 18.8. The number of hydrogen-bond acceptors (Lipinski definition) is 5. The zero-order valence-electron chi connectivity index (χ0n) is 58.1. The van der Waals surface area contributed by atoms with Gasteiger partial charge in [0.25, 0.3) is 0 Å². The molecule has 0 aromatic rings. The summed E-state index contributed by atoms with van der Waals surface area (Å²) in [5.41, 5.74) is 0. The van der Waals surface area contributed by atoms with Crippen molar-refractivity contribution in [2.24, 2.45) is 0 Å². The predicted molar refractivity (Wildman–Crippen MR) is 375 cm³/mol. The lowest BCUT2D eigenvalue weighted by molar-refractivity contribution is -0.143. The molecule has 0 radical (unpaired) electrons. The van der Waals surface area contributed by atoms with Crippen LogP contribution in [0.1, 0.15) is 457 Å². The first kappa shape index (κ1) is 83.6. The molecule has 506 valence electrons. The van der Waals surface area contributed by atoms with Crippen molar-refractivity contribution >= 4 is 11.9 Å². The molecule has 0 rings (SSSR count). The molecular weight excluding hydrogens is 1040 g/mol. The summed E-state index contributed by atoms with van der Waals surface area (Å²) in [5, 5.41) is 23.5. The van der Waals surface area contributed by atoms with E-state index >= 15 is 0 Å². The number of allylic oxidation sites excluding steroid dienone is 2. The van der Waals surface area contributed by atoms with Crippen LogP contribution in [0.4, 0.5) is 0 Å². The molecule has 0 saturated carbocycles. The molecule has 0 spiro atoms. The van der Waals surface area contributed by atoms with Crippen LogP contribution in [0.5, 0.6) is 0 Å². The van der Waals surface area contributed by atoms with Gasteiger partial charge in [-0.05, 0) is 51.4 Å². The zero-order valence-corrected chi connectivity index (χ0v) is 58.1. The topological polar surface area (TPSA) is 95.9 Å². The van der Waals surface area contributed by atoms with E-state index in [1.165, 1.54) is 379 Å². The summed E-state index contributed by atoms with van der Waals surface area (Å²) in [6.07, 6.45) is 94.4. The zero-order chi connectivity index (χ0) is 61.3. The van der Waals surface area contributed by atoms with Crippen LogP contribution in [-0.2, 0) is 14.3 Å². The molecule has 0 aromatic heterocycles. The highest BCUT2D eigenvalue weighted by molar-refractivity contribution is 5.76. The fourth-order valence-corrected chi connectivity index (χ4v) is 12.8. The molecule has 2 unspecified atom stereocenters. The van der Waals surface area contributed by atoms with E-state index in [-0.39, 0.29) is 18.5 Å². The van der Waals surface area contributed by atoms with Gasteiger partial charge in [0.1, 0.15) is 0 Å². The Balaban J connectivity index is 3.33. The Labute approximate surface area is 533 Å². The standard InChI is InChI=1S/C79H155NO5/c1-3-5-7-9-11-13-15-17-19-21-22-23-33-36-40-43-47-51-55-59-63-67-71-77(82)76(75-81)80-78(83)72-68-64-60-56-52-48-44-41-37-34-31-29-27-25-24-26-28-30-32-35-38-42-46-50-54-58-62-66-70-74-85-79(84)73-69-65-61-57-53-49-45-39-20-18-16-14-12-10-8-6-4-2/h18,20,76-77,81-82H,3-17,19,21-75H2,1-2H3,(H,80,83)/b20-18-. The summed E-state index contributed by atoms with van der Waals surface area (Å²) in [6.45, 7) is 5.01. The second-order valence-corrected chi connectivity index (χ2v) is 27.4. The van der Waals surface area contributed by atoms with Gasteiger partial charge in [-0.2, -0.15) is 0 Å². The van der Waals surface area contributed by atoms with Gasteiger partial charge >= 0.3 is 5.97 Å². The van der Waals surface area contributed by atoms with Gasteiger partial charge in [-0.1, -0.05) is 405 Å². The van der Waals surface area contributed by atoms with Crippen molar-refractivity contribution in [2.75, 3.05) is 13.2 Å². The Morgan fingerprint density at radius 2 is 0.553 bits per heavy atom. The van der Waals surface area contributed by atoms with Crippen LogP contribution in [0.3, 0.4) is 0 Å². The summed E-state index contributed by atoms with van der Waals surface area (Å²) in [7, 11) is 0. The molecule has 0 saturated heterocycles. The van der Waals surface area contributed by atoms with Crippen molar-refractivity contribution in [3.63, 3.8) is 0 Å². The third kappa shape index (κ3) is 71.6. The van der Waals surface area contributed by atoms with E-state index in [9.17, 15) is 19.8 Å². The predicted octanol–water partition coefficient (Wildman–Crippen LogP) is 25.9. The molecule has 0 aliphatic carbocycles. The van der Waals surface area contributed by atoms with Gasteiger partial charge in [0, 0.05) is 12.8 Å². The Hall–Kier alpha value is -1.40. The van der Waals surface area contributed by atoms with Gasteiger partial charge in [0.05, 0.1) is 25.4 Å². The van der Waals surface area contributed by atoms with Gasteiger partial charge in [0.2, 0.25) is 5.91 Å². The van der Waals surface area contributed by atoms with E-state index in [0.717, 1.165) is 44.9 Å². The highest BCUT2D eigenvalue weighted by Gasteiger charge is 2.20. The smallest absolute Gasteiger partial charge is 0.305 e. The van der Waals surface area contributed by atoms with Crippen LogP contribution in [0.2, 0.25) is 0 Å². The maximum absolute atomic E-state index is 12.6. The maximum atomic E-state index is 12.6. The summed E-state index contributed by atoms with van der Waals surface area (Å²) in [5.74, 6) is -0.00808. The van der Waals surface area contributed by atoms with E-state index in [1.807, 2.05) is 0 Å². The van der Waals surface area contributed by atoms with Gasteiger partial charge in [-0.25, -0.2) is 0 Å². The van der Waals surface area contributed by atoms with Crippen LogP contribution >= 0.6 is 0 Å². The van der Waals surface area contributed by atoms with Crippen molar-refractivity contribution in [2.45, 2.75) is 469 Å². The Bertz CT molecular complexity index is 1290. The number of esters is 1. The van der Waals surface area contributed by atoms with E-state index in [0.29, 0.717) is 25.9 Å². The lowest BCUT2D eigenvalue weighted by atomic mass is 10.0. The third-order valence-electron chi connectivity index (χ3n) is 18.8. The minimum atomic E-state index is -0.663. The number of nitrogens with one attached hydrogen (secondary N) is 1. The summed E-state index contributed by atoms with van der Waals surface area (Å²) < 4.78 is 5.51. The molecule has 85 heavy (non-hydrogen) atoms. The molecule has 3 N–H and O–H groups in total. The Kier molecular flexibility index (Phi) is 73.8. The number of unbranched alkanes of at least 4 members (excludes halogenated alkanes) is 62. The van der Waals surface area contributed by atoms with Crippen LogP contribution < -0.4 is 5.32 Å². The van der Waals surface area contributed by atoms with Crippen molar-refractivity contribution in [3.8, 4) is 0 Å². The average Bonchev–Trinajstić information content (AvgIpc) is 3.51. The first-order valence-corrected chi connectivity index (χ1v) is 39.4. The average molecular weight is 1200 g/mol. The van der Waals surface area contributed by atoms with Gasteiger partial charge < -0.3 is 20.3 Å². The van der Waals surface area contributed by atoms with Crippen LogP contribution in [0.25, 0.3) is 0 Å². The van der Waals surface area contributed by atoms with Crippen LogP contribution in [-0.4, -0.2) is 47.4 Å². The molecule has 0 aromatic carbocycles. The first-order chi connectivity index (χ1) is 42.0. The van der Waals surface area contributed by atoms with E-state index in [1.54, 1.807) is 0 Å². The fraction of sp³-hybridized carbons (Fsp3) is 0.949. The number of hydrogen-bond donors (Lipinski definition) is 3. The molecule has 2 atom stereocenters. The number of aliphatic hydroxyl groups is 2. The number of aliphatic hydroxyl groups excluding tert-OH is 2. The summed E-state index contributed by atoms with van der Waals surface area (Å²) in [4.78, 5) is 24.7. The summed E-state index contributed by atoms with van der Waals surface area (Å²) >= 11 is 0. The lowest BCUT2D eigenvalue weighted by Gasteiger charge is -2.22. The highest BCUT2D eigenvalue weighted by atomic mass is 16.5. The molecule has 0 aliphatic heterocycles. The number of carbonyl (C=O) groups is 2. The van der Waals surface area contributed by atoms with E-state index < -0.39 is 12.1 Å². The van der Waals surface area contributed by atoms with Crippen molar-refractivity contribution < 1.29 is 24.5 Å². The molecule has 6 heteroatoms. The normalized spacial score (nSPS) is 12.5. The SMILES string of the molecule is CCCCCCCC/C=C\CCCCCCCCCC(=O)OCCCCCCCCCCCCCCCCCCCCCCCCCCCCCCCC(=O)NC(CO)C(O)CCCCCCCCCCCCCCCCCCCCCCCC. The van der Waals surface area contributed by atoms with E-state index in [4.69, 9.17) is 4.74 Å². The quantitative estimate of drug-likeness (QED) is 0.0320. The van der Waals surface area contributed by atoms with Gasteiger partial charge in [0.15, 0.2) is 0 Å². The maximum Gasteiger partial charge on any atom is 0.305 e. The van der Waals surface area contributed by atoms with Crippen molar-refractivity contribution in [1.82, 2.24) is 5.32 Å². The Morgan fingerprint density at radius 3 is 0.835 bits per heavy atom. The lowest BCUT2D eigenvalue weighted by Crippen LogP contribution is -2.45. The van der Waals surface area contributed by atoms with Crippen molar-refractivity contribution in [3.05, 3.63) is 12.2 Å². The summed E-state index contributed by atoms with van der Waals surface area (Å²) in [6, 6.07) is -0.539. The minimum Gasteiger partial charge on any atom is -0.466 e. The number of ether oxygens (including phenoxy) is 1. The van der Waals surface area contributed by atoms with Crippen LogP contribution in [0, 0.1) is 0 Å². The fourth-order valence-electron chi connectivity index (χ4n) is 12.8. The molecule has 6 nitrogen and oxygen atoms in total. The van der Waals surface area contributed by atoms with Crippen molar-refractivity contribution in [1.29, 1.82) is 0 Å². The molecule has 0 aliphatic rings. The van der Waals surface area contributed by atoms with E-state index in [2.05, 4.69) is 31.3 Å². The Morgan fingerprint density at radius 1 is 0.318 bits per heavy atom. The monoisotopic (exact) mass is 1200 g/mol. The van der Waals surface area contributed by atoms with Gasteiger partial charge in [-0.15, -0.1) is 0 Å². The molecular formula is C79H155NO5. The molecule has 0 fully saturated rings. The molecule has 0 bridgehead atoms. The minimum absolute atomic E-state index is 0.0175. The second kappa shape index (κ2) is 75.1. The first-order valence-electron chi connectivity index (χ1n) is 39.4. The highest BCUT2D eigenvalue weighted by Crippen LogP contribution is 2.20.